The molecular weight excluding hydrogens is 254 g/mol. The fourth-order valence-electron chi connectivity index (χ4n) is 1.76. The van der Waals surface area contributed by atoms with Gasteiger partial charge in [0.15, 0.2) is 0 Å². The quantitative estimate of drug-likeness (QED) is 0.744. The Morgan fingerprint density at radius 3 is 2.35 bits per heavy atom. The van der Waals surface area contributed by atoms with Crippen LogP contribution in [0.25, 0.3) is 0 Å². The zero-order chi connectivity index (χ0) is 14.5. The van der Waals surface area contributed by atoms with Crippen LogP contribution in [0, 0.1) is 0 Å². The van der Waals surface area contributed by atoms with E-state index in [-0.39, 0.29) is 17.4 Å². The van der Waals surface area contributed by atoms with E-state index in [9.17, 15) is 9.59 Å². The highest BCUT2D eigenvalue weighted by molar-refractivity contribution is 6.09. The molecule has 0 aliphatic carbocycles. The number of hydrogen-bond donors (Lipinski definition) is 3. The molecule has 0 saturated heterocycles. The molecule has 5 heteroatoms. The van der Waals surface area contributed by atoms with Gasteiger partial charge in [-0.1, -0.05) is 18.2 Å². The molecule has 0 aliphatic rings. The molecular formula is C15H15N3O2. The van der Waals surface area contributed by atoms with Crippen molar-refractivity contribution in [3.8, 4) is 0 Å². The van der Waals surface area contributed by atoms with Gasteiger partial charge in [0.1, 0.15) is 0 Å². The number of nitrogens with one attached hydrogen (secondary N) is 2. The summed E-state index contributed by atoms with van der Waals surface area (Å²) in [5, 5.41) is 5.24. The Morgan fingerprint density at radius 2 is 1.70 bits per heavy atom. The van der Waals surface area contributed by atoms with Crippen LogP contribution in [0.4, 0.5) is 11.4 Å². The molecule has 20 heavy (non-hydrogen) atoms. The number of para-hydroxylation sites is 1. The summed E-state index contributed by atoms with van der Waals surface area (Å²) in [6, 6.07) is 13.6. The van der Waals surface area contributed by atoms with Crippen LogP contribution in [0.2, 0.25) is 0 Å². The van der Waals surface area contributed by atoms with Crippen molar-refractivity contribution in [2.45, 2.75) is 0 Å². The molecule has 2 amide bonds. The lowest BCUT2D eigenvalue weighted by molar-refractivity contribution is 0.0963. The molecule has 0 aromatic heterocycles. The van der Waals surface area contributed by atoms with E-state index in [0.717, 1.165) is 0 Å². The topological polar surface area (TPSA) is 84.2 Å². The predicted molar refractivity (Wildman–Crippen MR) is 78.6 cm³/mol. The molecule has 0 bridgehead atoms. The van der Waals surface area contributed by atoms with E-state index in [1.165, 1.54) is 13.1 Å². The second-order valence-corrected chi connectivity index (χ2v) is 4.20. The molecule has 0 atom stereocenters. The normalized spacial score (nSPS) is 9.85. The molecule has 0 spiro atoms. The van der Waals surface area contributed by atoms with Gasteiger partial charge in [-0.3, -0.25) is 9.59 Å². The summed E-state index contributed by atoms with van der Waals surface area (Å²) < 4.78 is 0. The van der Waals surface area contributed by atoms with Gasteiger partial charge in [-0.25, -0.2) is 0 Å². The maximum atomic E-state index is 12.2. The largest absolute Gasteiger partial charge is 0.398 e. The van der Waals surface area contributed by atoms with Crippen LogP contribution in [-0.2, 0) is 0 Å². The molecule has 0 saturated carbocycles. The molecule has 2 aromatic carbocycles. The third-order valence-corrected chi connectivity index (χ3v) is 2.82. The van der Waals surface area contributed by atoms with Crippen molar-refractivity contribution < 1.29 is 9.59 Å². The third-order valence-electron chi connectivity index (χ3n) is 2.82. The van der Waals surface area contributed by atoms with Crippen LogP contribution in [0.3, 0.4) is 0 Å². The molecule has 2 rings (SSSR count). The van der Waals surface area contributed by atoms with Gasteiger partial charge in [0.2, 0.25) is 0 Å². The number of anilines is 2. The lowest BCUT2D eigenvalue weighted by atomic mass is 10.1. The van der Waals surface area contributed by atoms with Crippen molar-refractivity contribution in [3.63, 3.8) is 0 Å². The second-order valence-electron chi connectivity index (χ2n) is 4.20. The third kappa shape index (κ3) is 2.95. The minimum atomic E-state index is -0.348. The van der Waals surface area contributed by atoms with E-state index in [1.807, 2.05) is 18.2 Å². The van der Waals surface area contributed by atoms with Crippen LogP contribution in [0.5, 0.6) is 0 Å². The first kappa shape index (κ1) is 13.6. The highest BCUT2D eigenvalue weighted by Crippen LogP contribution is 2.16. The summed E-state index contributed by atoms with van der Waals surface area (Å²) in [5.41, 5.74) is 7.45. The van der Waals surface area contributed by atoms with E-state index in [4.69, 9.17) is 5.73 Å². The maximum Gasteiger partial charge on any atom is 0.257 e. The van der Waals surface area contributed by atoms with Crippen molar-refractivity contribution in [2.24, 2.45) is 0 Å². The summed E-state index contributed by atoms with van der Waals surface area (Å²) >= 11 is 0. The van der Waals surface area contributed by atoms with Crippen molar-refractivity contribution in [1.29, 1.82) is 0 Å². The van der Waals surface area contributed by atoms with Gasteiger partial charge in [0, 0.05) is 24.0 Å². The van der Waals surface area contributed by atoms with Gasteiger partial charge in [0.25, 0.3) is 11.8 Å². The number of hydrogen-bond acceptors (Lipinski definition) is 3. The summed E-state index contributed by atoms with van der Waals surface area (Å²) in [5.74, 6) is -0.613. The molecule has 0 unspecified atom stereocenters. The van der Waals surface area contributed by atoms with Crippen molar-refractivity contribution in [3.05, 3.63) is 59.7 Å². The molecule has 2 aromatic rings. The Labute approximate surface area is 116 Å². The minimum Gasteiger partial charge on any atom is -0.398 e. The van der Waals surface area contributed by atoms with Gasteiger partial charge in [0.05, 0.1) is 5.56 Å². The monoisotopic (exact) mass is 269 g/mol. The van der Waals surface area contributed by atoms with E-state index < -0.39 is 0 Å². The summed E-state index contributed by atoms with van der Waals surface area (Å²) in [6.07, 6.45) is 0. The van der Waals surface area contributed by atoms with Gasteiger partial charge in [-0.05, 0) is 30.3 Å². The zero-order valence-electron chi connectivity index (χ0n) is 11.0. The molecule has 102 valence electrons. The smallest absolute Gasteiger partial charge is 0.257 e. The number of amides is 2. The second kappa shape index (κ2) is 5.88. The lowest BCUT2D eigenvalue weighted by Crippen LogP contribution is -2.20. The number of benzene rings is 2. The molecule has 5 nitrogen and oxygen atoms in total. The molecule has 0 radical (unpaired) electrons. The zero-order valence-corrected chi connectivity index (χ0v) is 11.0. The Balaban J connectivity index is 2.27. The van der Waals surface area contributed by atoms with Crippen molar-refractivity contribution in [1.82, 2.24) is 5.32 Å². The Kier molecular flexibility index (Phi) is 4.00. The van der Waals surface area contributed by atoms with Gasteiger partial charge < -0.3 is 16.4 Å². The number of nitrogen functional groups attached to an aromatic ring is 1. The Morgan fingerprint density at radius 1 is 1.00 bits per heavy atom. The van der Waals surface area contributed by atoms with Gasteiger partial charge >= 0.3 is 0 Å². The van der Waals surface area contributed by atoms with Gasteiger partial charge in [-0.15, -0.1) is 0 Å². The fraction of sp³-hybridized carbons (Fsp3) is 0.0667. The SMILES string of the molecule is CNC(=O)c1ccc(N)c(C(=O)Nc2ccccc2)c1. The number of carbonyl (C=O) groups is 2. The highest BCUT2D eigenvalue weighted by atomic mass is 16.2. The van der Waals surface area contributed by atoms with Crippen molar-refractivity contribution >= 4 is 23.2 Å². The summed E-state index contributed by atoms with van der Waals surface area (Å²) in [4.78, 5) is 23.7. The van der Waals surface area contributed by atoms with Crippen LogP contribution in [0.15, 0.2) is 48.5 Å². The van der Waals surface area contributed by atoms with Crippen LogP contribution < -0.4 is 16.4 Å². The lowest BCUT2D eigenvalue weighted by Gasteiger charge is -2.09. The summed E-state index contributed by atoms with van der Waals surface area (Å²) in [6.45, 7) is 0. The van der Waals surface area contributed by atoms with Crippen molar-refractivity contribution in [2.75, 3.05) is 18.1 Å². The first-order chi connectivity index (χ1) is 9.61. The summed E-state index contributed by atoms with van der Waals surface area (Å²) in [7, 11) is 1.53. The predicted octanol–water partition coefficient (Wildman–Crippen LogP) is 1.88. The van der Waals surface area contributed by atoms with Gasteiger partial charge in [-0.2, -0.15) is 0 Å². The number of rotatable bonds is 3. The Hall–Kier alpha value is -2.82. The van der Waals surface area contributed by atoms with Crippen LogP contribution in [0.1, 0.15) is 20.7 Å². The molecule has 0 heterocycles. The first-order valence-electron chi connectivity index (χ1n) is 6.10. The van der Waals surface area contributed by atoms with E-state index in [0.29, 0.717) is 16.9 Å². The first-order valence-corrected chi connectivity index (χ1v) is 6.10. The number of carbonyl (C=O) groups excluding carboxylic acids is 2. The van der Waals surface area contributed by atoms with E-state index in [1.54, 1.807) is 24.3 Å². The number of nitrogens with two attached hydrogens (primary N) is 1. The maximum absolute atomic E-state index is 12.2. The van der Waals surface area contributed by atoms with E-state index in [2.05, 4.69) is 10.6 Å². The Bertz CT molecular complexity index is 639. The fourth-order valence-corrected chi connectivity index (χ4v) is 1.76. The molecule has 0 aliphatic heterocycles. The molecule has 0 fully saturated rings. The highest BCUT2D eigenvalue weighted by Gasteiger charge is 2.13. The van der Waals surface area contributed by atoms with Crippen LogP contribution in [-0.4, -0.2) is 18.9 Å². The average molecular weight is 269 g/mol. The molecule has 4 N–H and O–H groups in total. The average Bonchev–Trinajstić information content (AvgIpc) is 2.48. The minimum absolute atomic E-state index is 0.265. The van der Waals surface area contributed by atoms with E-state index >= 15 is 0 Å². The van der Waals surface area contributed by atoms with Crippen LogP contribution >= 0.6 is 0 Å². The standard InChI is InChI=1S/C15H15N3O2/c1-17-14(19)10-7-8-13(16)12(9-10)15(20)18-11-5-3-2-4-6-11/h2-9H,16H2,1H3,(H,17,19)(H,18,20).